The zero-order valence-electron chi connectivity index (χ0n) is 21.0. The van der Waals surface area contributed by atoms with Crippen LogP contribution in [0.15, 0.2) is 57.2 Å². The largest absolute Gasteiger partial charge is 0.325 e. The van der Waals surface area contributed by atoms with E-state index < -0.39 is 0 Å². The number of anilines is 2. The number of hydrogen-bond acceptors (Lipinski definition) is 7. The number of thioether (sulfide) groups is 2. The van der Waals surface area contributed by atoms with Gasteiger partial charge in [0.2, 0.25) is 11.8 Å². The number of rotatable bonds is 8. The van der Waals surface area contributed by atoms with Crippen LogP contribution in [0.1, 0.15) is 52.7 Å². The molecule has 0 saturated heterocycles. The van der Waals surface area contributed by atoms with E-state index in [0.29, 0.717) is 8.68 Å². The van der Waals surface area contributed by atoms with E-state index in [1.165, 1.54) is 34.9 Å². The van der Waals surface area contributed by atoms with Crippen molar-refractivity contribution < 1.29 is 9.59 Å². The minimum absolute atomic E-state index is 0.0660. The van der Waals surface area contributed by atoms with Crippen LogP contribution in [0.2, 0.25) is 0 Å². The number of carbonyl (C=O) groups excluding carboxylic acids is 2. The van der Waals surface area contributed by atoms with Crippen LogP contribution in [0.3, 0.4) is 0 Å². The van der Waals surface area contributed by atoms with Crippen LogP contribution in [-0.2, 0) is 20.4 Å². The molecule has 2 amide bonds. The van der Waals surface area contributed by atoms with Gasteiger partial charge in [0.1, 0.15) is 0 Å². The topological polar surface area (TPSA) is 84.0 Å². The standard InChI is InChI=1S/C26H32N4O2S3/c1-25(2,3)17-11-7-9-13-19(17)27-21(31)15-33-23-29-30-24(35-23)34-16-22(32)28-20-14-10-8-12-18(20)26(4,5)6/h7-14H,15-16H2,1-6H3,(H,27,31)(H,28,32). The molecule has 0 aliphatic heterocycles. The molecule has 0 unspecified atom stereocenters. The molecule has 0 saturated carbocycles. The number of hydrogen-bond donors (Lipinski definition) is 2. The SMILES string of the molecule is CC(C)(C)c1ccccc1NC(=O)CSc1nnc(SCC(=O)Nc2ccccc2C(C)(C)C)s1. The maximum absolute atomic E-state index is 12.5. The van der Waals surface area contributed by atoms with E-state index in [1.807, 2.05) is 48.5 Å². The Morgan fingerprint density at radius 3 is 1.46 bits per heavy atom. The Kier molecular flexibility index (Phi) is 9.01. The number of amides is 2. The molecule has 0 aliphatic rings. The monoisotopic (exact) mass is 528 g/mol. The summed E-state index contributed by atoms with van der Waals surface area (Å²) in [6.07, 6.45) is 0. The third kappa shape index (κ3) is 8.08. The van der Waals surface area contributed by atoms with Crippen molar-refractivity contribution in [3.63, 3.8) is 0 Å². The molecule has 1 aromatic heterocycles. The second kappa shape index (κ2) is 11.6. The quantitative estimate of drug-likeness (QED) is 0.321. The molecule has 0 atom stereocenters. The zero-order valence-corrected chi connectivity index (χ0v) is 23.4. The van der Waals surface area contributed by atoms with Crippen molar-refractivity contribution in [2.24, 2.45) is 0 Å². The first-order chi connectivity index (χ1) is 16.4. The molecule has 0 spiro atoms. The third-order valence-electron chi connectivity index (χ3n) is 5.06. The second-order valence-electron chi connectivity index (χ2n) is 10.1. The number of benzene rings is 2. The highest BCUT2D eigenvalue weighted by atomic mass is 32.2. The third-order valence-corrected chi connectivity index (χ3v) is 8.25. The maximum atomic E-state index is 12.5. The van der Waals surface area contributed by atoms with Gasteiger partial charge in [-0.15, -0.1) is 10.2 Å². The van der Waals surface area contributed by atoms with Crippen molar-refractivity contribution in [3.8, 4) is 0 Å². The van der Waals surface area contributed by atoms with Crippen molar-refractivity contribution in [3.05, 3.63) is 59.7 Å². The van der Waals surface area contributed by atoms with E-state index in [1.54, 1.807) is 0 Å². The van der Waals surface area contributed by atoms with Crippen LogP contribution in [0.4, 0.5) is 11.4 Å². The molecule has 9 heteroatoms. The van der Waals surface area contributed by atoms with E-state index in [-0.39, 0.29) is 34.2 Å². The van der Waals surface area contributed by atoms with Crippen LogP contribution in [0, 0.1) is 0 Å². The number of nitrogens with one attached hydrogen (secondary N) is 2. The highest BCUT2D eigenvalue weighted by Gasteiger charge is 2.20. The van der Waals surface area contributed by atoms with Gasteiger partial charge in [0, 0.05) is 11.4 Å². The Morgan fingerprint density at radius 2 is 1.09 bits per heavy atom. The van der Waals surface area contributed by atoms with Gasteiger partial charge >= 0.3 is 0 Å². The molecule has 3 rings (SSSR count). The van der Waals surface area contributed by atoms with Crippen LogP contribution in [0.5, 0.6) is 0 Å². The summed E-state index contributed by atoms with van der Waals surface area (Å²) in [7, 11) is 0. The maximum Gasteiger partial charge on any atom is 0.234 e. The number of carbonyl (C=O) groups is 2. The van der Waals surface area contributed by atoms with Crippen LogP contribution in [0.25, 0.3) is 0 Å². The van der Waals surface area contributed by atoms with Crippen LogP contribution < -0.4 is 10.6 Å². The van der Waals surface area contributed by atoms with Crippen molar-refractivity contribution in [2.75, 3.05) is 22.1 Å². The fraction of sp³-hybridized carbons (Fsp3) is 0.385. The van der Waals surface area contributed by atoms with Crippen molar-refractivity contribution in [2.45, 2.75) is 61.1 Å². The summed E-state index contributed by atoms with van der Waals surface area (Å²) in [5, 5.41) is 14.3. The number of aromatic nitrogens is 2. The second-order valence-corrected chi connectivity index (χ2v) is 13.5. The Labute approximate surface area is 220 Å². The smallest absolute Gasteiger partial charge is 0.234 e. The summed E-state index contributed by atoms with van der Waals surface area (Å²) in [5.41, 5.74) is 3.72. The van der Waals surface area contributed by atoms with Crippen LogP contribution >= 0.6 is 34.9 Å². The molecule has 6 nitrogen and oxygen atoms in total. The van der Waals surface area contributed by atoms with E-state index in [0.717, 1.165) is 22.5 Å². The van der Waals surface area contributed by atoms with Gasteiger partial charge in [-0.25, -0.2) is 0 Å². The molecule has 0 fully saturated rings. The summed E-state index contributed by atoms with van der Waals surface area (Å²) in [6, 6.07) is 15.7. The molecule has 0 bridgehead atoms. The van der Waals surface area contributed by atoms with Gasteiger partial charge in [-0.1, -0.05) is 113 Å². The lowest BCUT2D eigenvalue weighted by molar-refractivity contribution is -0.114. The lowest BCUT2D eigenvalue weighted by Crippen LogP contribution is -2.19. The van der Waals surface area contributed by atoms with Gasteiger partial charge in [0.15, 0.2) is 8.68 Å². The first kappa shape index (κ1) is 27.2. The normalized spacial score (nSPS) is 11.8. The molecule has 1 heterocycles. The Morgan fingerprint density at radius 1 is 0.714 bits per heavy atom. The minimum Gasteiger partial charge on any atom is -0.325 e. The first-order valence-corrected chi connectivity index (χ1v) is 14.1. The van der Waals surface area contributed by atoms with Gasteiger partial charge in [0.25, 0.3) is 0 Å². The highest BCUT2D eigenvalue weighted by molar-refractivity contribution is 8.03. The van der Waals surface area contributed by atoms with E-state index >= 15 is 0 Å². The zero-order chi connectivity index (χ0) is 25.6. The van der Waals surface area contributed by atoms with E-state index in [4.69, 9.17) is 0 Å². The molecular weight excluding hydrogens is 497 g/mol. The van der Waals surface area contributed by atoms with Gasteiger partial charge in [-0.3, -0.25) is 9.59 Å². The predicted molar refractivity (Wildman–Crippen MR) is 149 cm³/mol. The molecule has 35 heavy (non-hydrogen) atoms. The first-order valence-electron chi connectivity index (χ1n) is 11.3. The molecule has 0 radical (unpaired) electrons. The summed E-state index contributed by atoms with van der Waals surface area (Å²) in [6.45, 7) is 12.7. The Balaban J connectivity index is 1.49. The molecule has 2 N–H and O–H groups in total. The molecule has 186 valence electrons. The summed E-state index contributed by atoms with van der Waals surface area (Å²) >= 11 is 4.07. The molecule has 2 aromatic carbocycles. The lowest BCUT2D eigenvalue weighted by atomic mass is 9.86. The minimum atomic E-state index is -0.0898. The van der Waals surface area contributed by atoms with Gasteiger partial charge in [-0.05, 0) is 34.1 Å². The van der Waals surface area contributed by atoms with E-state index in [2.05, 4.69) is 62.4 Å². The molecule has 0 aliphatic carbocycles. The van der Waals surface area contributed by atoms with Gasteiger partial charge in [0.05, 0.1) is 11.5 Å². The number of nitrogens with zero attached hydrogens (tertiary/aromatic N) is 2. The molecule has 3 aromatic rings. The fourth-order valence-electron chi connectivity index (χ4n) is 3.43. The summed E-state index contributed by atoms with van der Waals surface area (Å²) in [4.78, 5) is 25.0. The average Bonchev–Trinajstić information content (AvgIpc) is 3.23. The average molecular weight is 529 g/mol. The van der Waals surface area contributed by atoms with Gasteiger partial charge < -0.3 is 10.6 Å². The lowest BCUT2D eigenvalue weighted by Gasteiger charge is -2.22. The van der Waals surface area contributed by atoms with Crippen molar-refractivity contribution in [1.29, 1.82) is 0 Å². The van der Waals surface area contributed by atoms with Crippen molar-refractivity contribution in [1.82, 2.24) is 10.2 Å². The summed E-state index contributed by atoms with van der Waals surface area (Å²) < 4.78 is 1.40. The Hall–Kier alpha value is -2.36. The van der Waals surface area contributed by atoms with E-state index in [9.17, 15) is 9.59 Å². The van der Waals surface area contributed by atoms with Crippen molar-refractivity contribution >= 4 is 58.0 Å². The summed E-state index contributed by atoms with van der Waals surface area (Å²) in [5.74, 6) is 0.296. The number of para-hydroxylation sites is 2. The molecular formula is C26H32N4O2S3. The Bertz CT molecular complexity index is 1090. The van der Waals surface area contributed by atoms with Crippen LogP contribution in [-0.4, -0.2) is 33.5 Å². The van der Waals surface area contributed by atoms with Gasteiger partial charge in [-0.2, -0.15) is 0 Å². The highest BCUT2D eigenvalue weighted by Crippen LogP contribution is 2.32. The predicted octanol–water partition coefficient (Wildman–Crippen LogP) is 6.59. The fourth-order valence-corrected chi connectivity index (χ4v) is 6.05.